The molecule has 1 atom stereocenters. The van der Waals surface area contributed by atoms with Gasteiger partial charge < -0.3 is 25.0 Å². The van der Waals surface area contributed by atoms with Crippen LogP contribution in [0.25, 0.3) is 0 Å². The second-order valence-electron chi connectivity index (χ2n) is 7.25. The van der Waals surface area contributed by atoms with Crippen molar-refractivity contribution in [1.29, 1.82) is 0 Å². The number of hydrogen-bond donors (Lipinski definition) is 2. The van der Waals surface area contributed by atoms with Crippen LogP contribution in [-0.4, -0.2) is 96.1 Å². The van der Waals surface area contributed by atoms with Crippen LogP contribution in [0.2, 0.25) is 5.02 Å². The summed E-state index contributed by atoms with van der Waals surface area (Å²) in [6, 6.07) is 8.33. The maximum atomic E-state index is 6.25. The average Bonchev–Trinajstić information content (AvgIpc) is 2.73. The minimum absolute atomic E-state index is 0. The third-order valence-electron chi connectivity index (χ3n) is 5.08. The number of methoxy groups -OCH3 is 1. The molecule has 1 fully saturated rings. The Morgan fingerprint density at radius 3 is 2.73 bits per heavy atom. The van der Waals surface area contributed by atoms with E-state index >= 15 is 0 Å². The lowest BCUT2D eigenvalue weighted by Gasteiger charge is -2.35. The predicted octanol–water partition coefficient (Wildman–Crippen LogP) is 2.46. The summed E-state index contributed by atoms with van der Waals surface area (Å²) >= 11 is 6.25. The van der Waals surface area contributed by atoms with Crippen molar-refractivity contribution in [3.63, 3.8) is 0 Å². The lowest BCUT2D eigenvalue weighted by molar-refractivity contribution is 0.0170. The number of ether oxygens (including phenoxy) is 2. The van der Waals surface area contributed by atoms with E-state index in [1.807, 2.05) is 12.1 Å². The molecule has 1 saturated heterocycles. The summed E-state index contributed by atoms with van der Waals surface area (Å²) in [7, 11) is 5.67. The molecule has 172 valence electrons. The highest BCUT2D eigenvalue weighted by molar-refractivity contribution is 14.0. The fourth-order valence-corrected chi connectivity index (χ4v) is 3.63. The molecule has 2 rings (SSSR count). The molecule has 0 saturated carbocycles. The van der Waals surface area contributed by atoms with E-state index in [1.165, 1.54) is 5.56 Å². The van der Waals surface area contributed by atoms with Crippen LogP contribution in [0.5, 0.6) is 0 Å². The zero-order chi connectivity index (χ0) is 20.9. The maximum Gasteiger partial charge on any atom is 0.191 e. The molecular formula is C21H37ClIN5O2. The number of aliphatic imine (C=N–C) groups is 1. The molecule has 0 aromatic heterocycles. The van der Waals surface area contributed by atoms with Crippen molar-refractivity contribution in [3.05, 3.63) is 34.9 Å². The van der Waals surface area contributed by atoms with Crippen molar-refractivity contribution in [3.8, 4) is 0 Å². The summed E-state index contributed by atoms with van der Waals surface area (Å²) in [6.07, 6.45) is 1.04. The smallest absolute Gasteiger partial charge is 0.191 e. The maximum absolute atomic E-state index is 6.25. The Balaban J connectivity index is 0.00000450. The van der Waals surface area contributed by atoms with Crippen LogP contribution in [0.3, 0.4) is 0 Å². The highest BCUT2D eigenvalue weighted by Gasteiger charge is 2.23. The predicted molar refractivity (Wildman–Crippen MR) is 135 cm³/mol. The zero-order valence-corrected chi connectivity index (χ0v) is 21.5. The lowest BCUT2D eigenvalue weighted by atomic mass is 10.0. The van der Waals surface area contributed by atoms with Gasteiger partial charge in [0, 0.05) is 65.1 Å². The first kappa shape index (κ1) is 27.4. The summed E-state index contributed by atoms with van der Waals surface area (Å²) in [5.74, 6) is 0.815. The first-order chi connectivity index (χ1) is 14.1. The zero-order valence-electron chi connectivity index (χ0n) is 18.4. The monoisotopic (exact) mass is 553 g/mol. The van der Waals surface area contributed by atoms with Crippen molar-refractivity contribution < 1.29 is 9.47 Å². The van der Waals surface area contributed by atoms with Gasteiger partial charge in [-0.25, -0.2) is 0 Å². The largest absolute Gasteiger partial charge is 0.385 e. The average molecular weight is 554 g/mol. The molecule has 0 radical (unpaired) electrons. The van der Waals surface area contributed by atoms with Gasteiger partial charge in [0.05, 0.1) is 19.3 Å². The lowest BCUT2D eigenvalue weighted by Crippen LogP contribution is -2.47. The Morgan fingerprint density at radius 2 is 2.07 bits per heavy atom. The second kappa shape index (κ2) is 16.0. The molecule has 0 bridgehead atoms. The Morgan fingerprint density at radius 1 is 1.30 bits per heavy atom. The minimum Gasteiger partial charge on any atom is -0.385 e. The molecule has 1 aliphatic rings. The number of morpholine rings is 1. The topological polar surface area (TPSA) is 61.4 Å². The SMILES string of the molecule is CN=C(NCCN(C)CCCOC)NCC(c1cccc(Cl)c1)N1CCOCC1.I. The summed E-state index contributed by atoms with van der Waals surface area (Å²) in [5, 5.41) is 7.66. The van der Waals surface area contributed by atoms with Gasteiger partial charge in [-0.05, 0) is 31.2 Å². The highest BCUT2D eigenvalue weighted by atomic mass is 127. The first-order valence-electron chi connectivity index (χ1n) is 10.3. The molecule has 0 amide bonds. The third kappa shape index (κ3) is 10.1. The van der Waals surface area contributed by atoms with Crippen LogP contribution in [0.1, 0.15) is 18.0 Å². The Kier molecular flexibility index (Phi) is 14.6. The van der Waals surface area contributed by atoms with Gasteiger partial charge in [0.1, 0.15) is 0 Å². The van der Waals surface area contributed by atoms with E-state index in [2.05, 4.69) is 44.6 Å². The number of likely N-dealkylation sites (N-methyl/N-ethyl adjacent to an activating group) is 1. The molecule has 1 aromatic carbocycles. The van der Waals surface area contributed by atoms with Crippen LogP contribution < -0.4 is 10.6 Å². The Labute approximate surface area is 203 Å². The Bertz CT molecular complexity index is 617. The fraction of sp³-hybridized carbons (Fsp3) is 0.667. The molecule has 1 heterocycles. The molecular weight excluding hydrogens is 517 g/mol. The van der Waals surface area contributed by atoms with Gasteiger partial charge >= 0.3 is 0 Å². The van der Waals surface area contributed by atoms with Crippen molar-refractivity contribution in [2.45, 2.75) is 12.5 Å². The standard InChI is InChI=1S/C21H36ClN5O2.HI/c1-23-21(24-8-10-26(2)9-5-13-28-3)25-17-20(27-11-14-29-15-12-27)18-6-4-7-19(22)16-18;/h4,6-7,16,20H,5,8-15,17H2,1-3H3,(H2,23,24,25);1H. The molecule has 0 aliphatic carbocycles. The molecule has 0 spiro atoms. The second-order valence-corrected chi connectivity index (χ2v) is 7.69. The number of halogens is 2. The first-order valence-corrected chi connectivity index (χ1v) is 10.7. The van der Waals surface area contributed by atoms with E-state index in [-0.39, 0.29) is 30.0 Å². The van der Waals surface area contributed by atoms with Crippen LogP contribution >= 0.6 is 35.6 Å². The van der Waals surface area contributed by atoms with Gasteiger partial charge in [0.2, 0.25) is 0 Å². The van der Waals surface area contributed by atoms with Crippen molar-refractivity contribution >= 4 is 41.5 Å². The fourth-order valence-electron chi connectivity index (χ4n) is 3.43. The summed E-state index contributed by atoms with van der Waals surface area (Å²) in [5.41, 5.74) is 1.21. The molecule has 30 heavy (non-hydrogen) atoms. The van der Waals surface area contributed by atoms with Crippen molar-refractivity contribution in [1.82, 2.24) is 20.4 Å². The van der Waals surface area contributed by atoms with Crippen molar-refractivity contribution in [2.75, 3.05) is 80.3 Å². The van der Waals surface area contributed by atoms with Gasteiger partial charge in [-0.15, -0.1) is 24.0 Å². The summed E-state index contributed by atoms with van der Waals surface area (Å²) < 4.78 is 10.6. The number of nitrogens with zero attached hydrogens (tertiary/aromatic N) is 3. The van der Waals surface area contributed by atoms with Gasteiger partial charge in [-0.2, -0.15) is 0 Å². The van der Waals surface area contributed by atoms with E-state index < -0.39 is 0 Å². The van der Waals surface area contributed by atoms with Gasteiger partial charge in [-0.3, -0.25) is 9.89 Å². The molecule has 1 unspecified atom stereocenters. The number of nitrogens with one attached hydrogen (secondary N) is 2. The van der Waals surface area contributed by atoms with Crippen LogP contribution in [0.15, 0.2) is 29.3 Å². The molecule has 1 aliphatic heterocycles. The highest BCUT2D eigenvalue weighted by Crippen LogP contribution is 2.23. The van der Waals surface area contributed by atoms with E-state index in [1.54, 1.807) is 14.2 Å². The number of rotatable bonds is 11. The summed E-state index contributed by atoms with van der Waals surface area (Å²) in [4.78, 5) is 9.11. The van der Waals surface area contributed by atoms with Crippen LogP contribution in [-0.2, 0) is 9.47 Å². The van der Waals surface area contributed by atoms with Gasteiger partial charge in [-0.1, -0.05) is 23.7 Å². The minimum atomic E-state index is 0. The number of guanidine groups is 1. The van der Waals surface area contributed by atoms with Gasteiger partial charge in [0.25, 0.3) is 0 Å². The van der Waals surface area contributed by atoms with E-state index in [9.17, 15) is 0 Å². The quantitative estimate of drug-likeness (QED) is 0.190. The molecule has 7 nitrogen and oxygen atoms in total. The molecule has 9 heteroatoms. The number of hydrogen-bond acceptors (Lipinski definition) is 5. The normalized spacial score (nSPS) is 16.2. The molecule has 2 N–H and O–H groups in total. The third-order valence-corrected chi connectivity index (χ3v) is 5.32. The molecule has 1 aromatic rings. The van der Waals surface area contributed by atoms with Crippen LogP contribution in [0.4, 0.5) is 0 Å². The van der Waals surface area contributed by atoms with Crippen molar-refractivity contribution in [2.24, 2.45) is 4.99 Å². The van der Waals surface area contributed by atoms with Crippen LogP contribution in [0, 0.1) is 0 Å². The number of benzene rings is 1. The Hall–Kier alpha value is -0.650. The van der Waals surface area contributed by atoms with E-state index in [0.29, 0.717) is 0 Å². The van der Waals surface area contributed by atoms with Gasteiger partial charge in [0.15, 0.2) is 5.96 Å². The van der Waals surface area contributed by atoms with E-state index in [4.69, 9.17) is 21.1 Å². The summed E-state index contributed by atoms with van der Waals surface area (Å²) in [6.45, 7) is 7.72. The van der Waals surface area contributed by atoms with E-state index in [0.717, 1.165) is 76.5 Å².